The molecule has 6 unspecified atom stereocenters. The maximum absolute atomic E-state index is 2.69. The molecule has 190 valence electrons. The minimum absolute atomic E-state index is 0.195. The van der Waals surface area contributed by atoms with E-state index in [-0.39, 0.29) is 5.41 Å². The molecule has 0 spiro atoms. The lowest BCUT2D eigenvalue weighted by Crippen LogP contribution is -2.31. The lowest BCUT2D eigenvalue weighted by molar-refractivity contribution is 0.425. The number of thioether (sulfide) groups is 1. The zero-order chi connectivity index (χ0) is 25.4. The highest BCUT2D eigenvalue weighted by atomic mass is 32.3. The van der Waals surface area contributed by atoms with E-state index < -0.39 is 10.0 Å². The van der Waals surface area contributed by atoms with Crippen molar-refractivity contribution in [3.8, 4) is 11.1 Å². The van der Waals surface area contributed by atoms with Gasteiger partial charge in [0.15, 0.2) is 0 Å². The topological polar surface area (TPSA) is 0 Å². The Hall–Kier alpha value is -1.64. The Balaban J connectivity index is 1.34. The third-order valence-corrected chi connectivity index (χ3v) is 15.6. The first-order valence-electron chi connectivity index (χ1n) is 13.8. The van der Waals surface area contributed by atoms with Crippen LogP contribution in [0.1, 0.15) is 74.5 Å². The zero-order valence-electron chi connectivity index (χ0n) is 23.0. The SMILES string of the molecule is CC1C(C)C(S(C)(C)C2CCc3c(-c4ccc(C(C)(C)C)cc4)cccc32)C2Sc3ccccc3C12. The lowest BCUT2D eigenvalue weighted by atomic mass is 9.86. The van der Waals surface area contributed by atoms with E-state index in [4.69, 9.17) is 0 Å². The van der Waals surface area contributed by atoms with Crippen LogP contribution in [0.3, 0.4) is 0 Å². The number of benzene rings is 3. The molecule has 0 saturated heterocycles. The van der Waals surface area contributed by atoms with Gasteiger partial charge >= 0.3 is 0 Å². The average Bonchev–Trinajstić information content (AvgIpc) is 3.51. The van der Waals surface area contributed by atoms with Crippen LogP contribution in [0, 0.1) is 11.8 Å². The number of hydrogen-bond acceptors (Lipinski definition) is 1. The van der Waals surface area contributed by atoms with Crippen LogP contribution in [0.2, 0.25) is 0 Å². The van der Waals surface area contributed by atoms with Crippen LogP contribution in [0.5, 0.6) is 0 Å². The fourth-order valence-corrected chi connectivity index (χ4v) is 14.7. The third kappa shape index (κ3) is 3.73. The molecule has 1 aliphatic heterocycles. The van der Waals surface area contributed by atoms with E-state index in [1.54, 1.807) is 21.6 Å². The molecule has 1 heterocycles. The largest absolute Gasteiger partial charge is 0.236 e. The molecular weight excluding hydrogens is 473 g/mol. The van der Waals surface area contributed by atoms with E-state index in [0.717, 1.165) is 28.3 Å². The second-order valence-electron chi connectivity index (χ2n) is 13.0. The predicted molar refractivity (Wildman–Crippen MR) is 162 cm³/mol. The van der Waals surface area contributed by atoms with Crippen molar-refractivity contribution in [3.63, 3.8) is 0 Å². The Kier molecular flexibility index (Phi) is 5.97. The summed E-state index contributed by atoms with van der Waals surface area (Å²) in [5.41, 5.74) is 9.40. The van der Waals surface area contributed by atoms with Gasteiger partial charge in [0.05, 0.1) is 0 Å². The average molecular weight is 515 g/mol. The molecule has 3 aliphatic rings. The normalized spacial score (nSPS) is 29.6. The van der Waals surface area contributed by atoms with Crippen LogP contribution in [0.25, 0.3) is 11.1 Å². The van der Waals surface area contributed by atoms with E-state index in [9.17, 15) is 0 Å². The highest BCUT2D eigenvalue weighted by Gasteiger charge is 2.56. The van der Waals surface area contributed by atoms with E-state index in [0.29, 0.717) is 5.25 Å². The highest BCUT2D eigenvalue weighted by molar-refractivity contribution is 8.33. The molecule has 2 heteroatoms. The van der Waals surface area contributed by atoms with Crippen LogP contribution < -0.4 is 0 Å². The summed E-state index contributed by atoms with van der Waals surface area (Å²) in [6.07, 6.45) is 7.93. The maximum atomic E-state index is 2.69. The Morgan fingerprint density at radius 2 is 1.50 bits per heavy atom. The van der Waals surface area contributed by atoms with E-state index in [2.05, 4.69) is 126 Å². The Morgan fingerprint density at radius 1 is 0.806 bits per heavy atom. The Labute approximate surface area is 225 Å². The summed E-state index contributed by atoms with van der Waals surface area (Å²) in [5.74, 6) is 2.27. The van der Waals surface area contributed by atoms with Crippen molar-refractivity contribution in [1.29, 1.82) is 0 Å². The fraction of sp³-hybridized carbons (Fsp3) is 0.471. The third-order valence-electron chi connectivity index (χ3n) is 9.85. The second kappa shape index (κ2) is 8.70. The first kappa shape index (κ1) is 24.7. The van der Waals surface area contributed by atoms with Crippen LogP contribution in [-0.2, 0) is 11.8 Å². The van der Waals surface area contributed by atoms with Crippen LogP contribution >= 0.6 is 21.8 Å². The smallest absolute Gasteiger partial charge is 0.0273 e. The molecule has 6 rings (SSSR count). The van der Waals surface area contributed by atoms with Crippen molar-refractivity contribution in [3.05, 3.63) is 89.0 Å². The van der Waals surface area contributed by atoms with Gasteiger partial charge in [0.1, 0.15) is 0 Å². The summed E-state index contributed by atoms with van der Waals surface area (Å²) >= 11 is 2.21. The van der Waals surface area contributed by atoms with Gasteiger partial charge in [-0.1, -0.05) is 95.3 Å². The van der Waals surface area contributed by atoms with Crippen molar-refractivity contribution >= 4 is 21.8 Å². The second-order valence-corrected chi connectivity index (χ2v) is 18.4. The molecular formula is C34H42S2. The summed E-state index contributed by atoms with van der Waals surface area (Å²) in [6.45, 7) is 12.0. The lowest BCUT2D eigenvalue weighted by Gasteiger charge is -2.48. The van der Waals surface area contributed by atoms with Gasteiger partial charge in [-0.3, -0.25) is 0 Å². The van der Waals surface area contributed by atoms with Crippen molar-refractivity contribution in [2.24, 2.45) is 11.8 Å². The summed E-state index contributed by atoms with van der Waals surface area (Å²) < 4.78 is 0. The van der Waals surface area contributed by atoms with Gasteiger partial charge in [0.2, 0.25) is 0 Å². The monoisotopic (exact) mass is 514 g/mol. The quantitative estimate of drug-likeness (QED) is 0.335. The molecule has 6 atom stereocenters. The molecule has 0 nitrogen and oxygen atoms in total. The molecule has 1 saturated carbocycles. The summed E-state index contributed by atoms with van der Waals surface area (Å²) in [7, 11) is -0.852. The maximum Gasteiger partial charge on any atom is 0.0273 e. The molecule has 36 heavy (non-hydrogen) atoms. The van der Waals surface area contributed by atoms with Crippen LogP contribution in [0.4, 0.5) is 0 Å². The molecule has 2 aliphatic carbocycles. The summed E-state index contributed by atoms with van der Waals surface area (Å²) in [4.78, 5) is 1.55. The first-order chi connectivity index (χ1) is 17.1. The molecule has 0 N–H and O–H groups in total. The minimum Gasteiger partial charge on any atom is -0.236 e. The Bertz CT molecular complexity index is 1280. The van der Waals surface area contributed by atoms with E-state index in [1.165, 1.54) is 29.5 Å². The molecule has 0 radical (unpaired) electrons. The van der Waals surface area contributed by atoms with Crippen molar-refractivity contribution in [1.82, 2.24) is 0 Å². The summed E-state index contributed by atoms with van der Waals surface area (Å²) in [6, 6.07) is 25.9. The predicted octanol–water partition coefficient (Wildman–Crippen LogP) is 9.62. The molecule has 3 aromatic rings. The number of fused-ring (bicyclic) bond motifs is 4. The van der Waals surface area contributed by atoms with Crippen LogP contribution in [0.15, 0.2) is 71.6 Å². The zero-order valence-corrected chi connectivity index (χ0v) is 24.7. The highest BCUT2D eigenvalue weighted by Crippen LogP contribution is 2.73. The van der Waals surface area contributed by atoms with Gasteiger partial charge in [-0.15, -0.1) is 11.8 Å². The van der Waals surface area contributed by atoms with Crippen molar-refractivity contribution in [2.45, 2.75) is 79.4 Å². The van der Waals surface area contributed by atoms with Gasteiger partial charge in [0.25, 0.3) is 0 Å². The van der Waals surface area contributed by atoms with Crippen molar-refractivity contribution < 1.29 is 0 Å². The molecule has 0 bridgehead atoms. The molecule has 1 fully saturated rings. The standard InChI is InChI=1S/C34H42S2/c1-21-22(2)33(32-31(21)28-11-8-9-14-29(28)35-32)36(6,7)30-20-19-26-25(12-10-13-27(26)30)23-15-17-24(18-16-23)34(3,4)5/h8-18,21-22,30-33H,19-20H2,1-7H3. The van der Waals surface area contributed by atoms with Gasteiger partial charge in [-0.25, -0.2) is 10.0 Å². The Morgan fingerprint density at radius 3 is 2.22 bits per heavy atom. The number of hydrogen-bond donors (Lipinski definition) is 0. The molecule has 0 amide bonds. The van der Waals surface area contributed by atoms with Crippen molar-refractivity contribution in [2.75, 3.05) is 12.5 Å². The summed E-state index contributed by atoms with van der Waals surface area (Å²) in [5, 5.41) is 2.26. The molecule has 3 aromatic carbocycles. The number of rotatable bonds is 3. The fourth-order valence-electron chi connectivity index (χ4n) is 7.80. The minimum atomic E-state index is -0.852. The van der Waals surface area contributed by atoms with Gasteiger partial charge < -0.3 is 0 Å². The van der Waals surface area contributed by atoms with Gasteiger partial charge in [-0.05, 0) is 82.1 Å². The molecule has 0 aromatic heterocycles. The van der Waals surface area contributed by atoms with Crippen LogP contribution in [-0.4, -0.2) is 23.0 Å². The first-order valence-corrected chi connectivity index (χ1v) is 17.2. The van der Waals surface area contributed by atoms with Gasteiger partial charge in [-0.2, -0.15) is 0 Å². The van der Waals surface area contributed by atoms with Gasteiger partial charge in [0, 0.05) is 26.6 Å². The van der Waals surface area contributed by atoms with E-state index in [1.807, 2.05) is 0 Å². The van der Waals surface area contributed by atoms with E-state index >= 15 is 0 Å².